The third-order valence-corrected chi connectivity index (χ3v) is 4.63. The first-order chi connectivity index (χ1) is 11.7. The molecule has 0 unspecified atom stereocenters. The Morgan fingerprint density at radius 2 is 1.96 bits per heavy atom. The van der Waals surface area contributed by atoms with Crippen LogP contribution in [0.4, 0.5) is 0 Å². The summed E-state index contributed by atoms with van der Waals surface area (Å²) in [6.45, 7) is 0. The SMILES string of the molecule is COc1ccc(-c2noc(CC(=O)N(C)C3CCCCC3)n2)cc1. The highest BCUT2D eigenvalue weighted by atomic mass is 16.5. The number of aromatic nitrogens is 2. The average molecular weight is 329 g/mol. The van der Waals surface area contributed by atoms with Crippen molar-refractivity contribution in [2.24, 2.45) is 0 Å². The van der Waals surface area contributed by atoms with Crippen molar-refractivity contribution in [1.29, 1.82) is 0 Å². The topological polar surface area (TPSA) is 68.5 Å². The number of benzene rings is 1. The van der Waals surface area contributed by atoms with Crippen molar-refractivity contribution >= 4 is 5.91 Å². The van der Waals surface area contributed by atoms with E-state index in [-0.39, 0.29) is 12.3 Å². The second kappa shape index (κ2) is 7.47. The average Bonchev–Trinajstić information content (AvgIpc) is 3.10. The molecule has 3 rings (SSSR count). The molecule has 24 heavy (non-hydrogen) atoms. The van der Waals surface area contributed by atoms with E-state index in [9.17, 15) is 4.79 Å². The van der Waals surface area contributed by atoms with Gasteiger partial charge in [0.15, 0.2) is 0 Å². The van der Waals surface area contributed by atoms with Crippen molar-refractivity contribution in [2.45, 2.75) is 44.6 Å². The molecular weight excluding hydrogens is 306 g/mol. The molecule has 2 aromatic rings. The first-order valence-electron chi connectivity index (χ1n) is 8.40. The van der Waals surface area contributed by atoms with E-state index >= 15 is 0 Å². The Kier molecular flexibility index (Phi) is 5.13. The van der Waals surface area contributed by atoms with Gasteiger partial charge in [-0.25, -0.2) is 0 Å². The predicted octanol–water partition coefficient (Wildman–Crippen LogP) is 3.08. The van der Waals surface area contributed by atoms with Gasteiger partial charge in [-0.2, -0.15) is 4.98 Å². The molecule has 0 aliphatic heterocycles. The maximum Gasteiger partial charge on any atom is 0.236 e. The summed E-state index contributed by atoms with van der Waals surface area (Å²) >= 11 is 0. The minimum Gasteiger partial charge on any atom is -0.497 e. The molecule has 1 aromatic heterocycles. The van der Waals surface area contributed by atoms with Gasteiger partial charge < -0.3 is 14.2 Å². The van der Waals surface area contributed by atoms with Gasteiger partial charge in [-0.15, -0.1) is 0 Å². The highest BCUT2D eigenvalue weighted by Gasteiger charge is 2.23. The number of ether oxygens (including phenoxy) is 1. The molecular formula is C18H23N3O3. The number of hydrogen-bond donors (Lipinski definition) is 0. The van der Waals surface area contributed by atoms with Gasteiger partial charge in [0.25, 0.3) is 0 Å². The summed E-state index contributed by atoms with van der Waals surface area (Å²) in [5.41, 5.74) is 0.832. The van der Waals surface area contributed by atoms with Crippen LogP contribution in [0, 0.1) is 0 Å². The summed E-state index contributed by atoms with van der Waals surface area (Å²) in [6, 6.07) is 7.75. The van der Waals surface area contributed by atoms with Crippen LogP contribution in [0.2, 0.25) is 0 Å². The van der Waals surface area contributed by atoms with Crippen LogP contribution in [0.3, 0.4) is 0 Å². The summed E-state index contributed by atoms with van der Waals surface area (Å²) < 4.78 is 10.4. The second-order valence-corrected chi connectivity index (χ2v) is 6.21. The lowest BCUT2D eigenvalue weighted by Gasteiger charge is -2.30. The van der Waals surface area contributed by atoms with E-state index in [1.807, 2.05) is 36.2 Å². The monoisotopic (exact) mass is 329 g/mol. The summed E-state index contributed by atoms with van der Waals surface area (Å²) in [6.07, 6.45) is 5.99. The van der Waals surface area contributed by atoms with Gasteiger partial charge >= 0.3 is 0 Å². The number of carbonyl (C=O) groups is 1. The molecule has 0 N–H and O–H groups in total. The van der Waals surface area contributed by atoms with Crippen molar-refractivity contribution in [3.8, 4) is 17.1 Å². The van der Waals surface area contributed by atoms with E-state index in [0.29, 0.717) is 17.8 Å². The fraction of sp³-hybridized carbons (Fsp3) is 0.500. The molecule has 128 valence electrons. The van der Waals surface area contributed by atoms with Gasteiger partial charge in [-0.1, -0.05) is 24.4 Å². The zero-order chi connectivity index (χ0) is 16.9. The molecule has 0 saturated heterocycles. The molecule has 1 aromatic carbocycles. The highest BCUT2D eigenvalue weighted by molar-refractivity contribution is 5.78. The van der Waals surface area contributed by atoms with Crippen molar-refractivity contribution in [1.82, 2.24) is 15.0 Å². The lowest BCUT2D eigenvalue weighted by Crippen LogP contribution is -2.39. The number of rotatable bonds is 5. The predicted molar refractivity (Wildman–Crippen MR) is 89.6 cm³/mol. The fourth-order valence-corrected chi connectivity index (χ4v) is 3.11. The third-order valence-electron chi connectivity index (χ3n) is 4.63. The van der Waals surface area contributed by atoms with Gasteiger partial charge in [0, 0.05) is 18.7 Å². The van der Waals surface area contributed by atoms with Gasteiger partial charge in [-0.05, 0) is 37.1 Å². The van der Waals surface area contributed by atoms with Gasteiger partial charge in [-0.3, -0.25) is 4.79 Å². The standard InChI is InChI=1S/C18H23N3O3/c1-21(14-6-4-3-5-7-14)17(22)12-16-19-18(20-24-16)13-8-10-15(23-2)11-9-13/h8-11,14H,3-7,12H2,1-2H3. The van der Waals surface area contributed by atoms with Crippen LogP contribution in [-0.2, 0) is 11.2 Å². The molecule has 0 atom stereocenters. The Balaban J connectivity index is 1.63. The highest BCUT2D eigenvalue weighted by Crippen LogP contribution is 2.23. The van der Waals surface area contributed by atoms with Gasteiger partial charge in [0.2, 0.25) is 17.6 Å². The maximum absolute atomic E-state index is 12.4. The minimum atomic E-state index is 0.0341. The van der Waals surface area contributed by atoms with Crippen LogP contribution in [0.5, 0.6) is 5.75 Å². The Morgan fingerprint density at radius 3 is 2.62 bits per heavy atom. The summed E-state index contributed by atoms with van der Waals surface area (Å²) in [4.78, 5) is 18.6. The molecule has 1 heterocycles. The third kappa shape index (κ3) is 3.75. The van der Waals surface area contributed by atoms with E-state index in [1.54, 1.807) is 7.11 Å². The molecule has 6 heteroatoms. The molecule has 0 radical (unpaired) electrons. The number of methoxy groups -OCH3 is 1. The second-order valence-electron chi connectivity index (χ2n) is 6.21. The van der Waals surface area contributed by atoms with Crippen LogP contribution in [0.25, 0.3) is 11.4 Å². The Bertz CT molecular complexity index is 675. The summed E-state index contributed by atoms with van der Waals surface area (Å²) in [5, 5.41) is 3.97. The molecule has 1 saturated carbocycles. The lowest BCUT2D eigenvalue weighted by atomic mass is 9.94. The maximum atomic E-state index is 12.4. The zero-order valence-corrected chi connectivity index (χ0v) is 14.2. The van der Waals surface area contributed by atoms with Crippen LogP contribution in [0.1, 0.15) is 38.0 Å². The van der Waals surface area contributed by atoms with E-state index < -0.39 is 0 Å². The molecule has 1 amide bonds. The van der Waals surface area contributed by atoms with E-state index in [1.165, 1.54) is 19.3 Å². The van der Waals surface area contributed by atoms with Crippen molar-refractivity contribution in [3.63, 3.8) is 0 Å². The minimum absolute atomic E-state index is 0.0341. The summed E-state index contributed by atoms with van der Waals surface area (Å²) in [7, 11) is 3.50. The lowest BCUT2D eigenvalue weighted by molar-refractivity contribution is -0.132. The van der Waals surface area contributed by atoms with Crippen LogP contribution in [-0.4, -0.2) is 41.1 Å². The number of nitrogens with zero attached hydrogens (tertiary/aromatic N) is 3. The summed E-state index contributed by atoms with van der Waals surface area (Å²) in [5.74, 6) is 1.65. The van der Waals surface area contributed by atoms with Crippen molar-refractivity contribution in [3.05, 3.63) is 30.2 Å². The number of likely N-dealkylation sites (N-methyl/N-ethyl adjacent to an activating group) is 1. The van der Waals surface area contributed by atoms with Crippen LogP contribution < -0.4 is 4.74 Å². The molecule has 1 fully saturated rings. The first-order valence-corrected chi connectivity index (χ1v) is 8.40. The number of amides is 1. The van der Waals surface area contributed by atoms with Gasteiger partial charge in [0.05, 0.1) is 7.11 Å². The molecule has 0 bridgehead atoms. The largest absolute Gasteiger partial charge is 0.497 e. The Labute approximate surface area is 141 Å². The molecule has 0 spiro atoms. The molecule has 6 nitrogen and oxygen atoms in total. The molecule has 1 aliphatic carbocycles. The van der Waals surface area contributed by atoms with Crippen molar-refractivity contribution < 1.29 is 14.1 Å². The zero-order valence-electron chi connectivity index (χ0n) is 14.2. The molecule has 1 aliphatic rings. The number of hydrogen-bond acceptors (Lipinski definition) is 5. The first kappa shape index (κ1) is 16.5. The van der Waals surface area contributed by atoms with E-state index in [2.05, 4.69) is 10.1 Å². The normalized spacial score (nSPS) is 15.2. The Morgan fingerprint density at radius 1 is 1.25 bits per heavy atom. The van der Waals surface area contributed by atoms with E-state index in [4.69, 9.17) is 9.26 Å². The van der Waals surface area contributed by atoms with E-state index in [0.717, 1.165) is 24.2 Å². The van der Waals surface area contributed by atoms with Crippen LogP contribution >= 0.6 is 0 Å². The Hall–Kier alpha value is -2.37. The quantitative estimate of drug-likeness (QED) is 0.843. The van der Waals surface area contributed by atoms with Crippen molar-refractivity contribution in [2.75, 3.05) is 14.2 Å². The van der Waals surface area contributed by atoms with Gasteiger partial charge in [0.1, 0.15) is 12.2 Å². The fourth-order valence-electron chi connectivity index (χ4n) is 3.11. The number of carbonyl (C=O) groups excluding carboxylic acids is 1. The smallest absolute Gasteiger partial charge is 0.236 e. The van der Waals surface area contributed by atoms with Crippen LogP contribution in [0.15, 0.2) is 28.8 Å².